The summed E-state index contributed by atoms with van der Waals surface area (Å²) in [5.74, 6) is -0.654. The van der Waals surface area contributed by atoms with Crippen LogP contribution in [0.5, 0.6) is 0 Å². The van der Waals surface area contributed by atoms with Crippen LogP contribution in [-0.4, -0.2) is 67.8 Å². The fraction of sp³-hybridized carbons (Fsp3) is 0.800. The number of amides is 3. The maximum atomic E-state index is 11.8. The van der Waals surface area contributed by atoms with Crippen molar-refractivity contribution in [2.75, 3.05) is 6.61 Å². The van der Waals surface area contributed by atoms with Crippen LogP contribution in [0, 0.1) is 0 Å². The van der Waals surface area contributed by atoms with Crippen molar-refractivity contribution in [3.63, 3.8) is 0 Å². The van der Waals surface area contributed by atoms with Gasteiger partial charge >= 0.3 is 6.03 Å². The Morgan fingerprint density at radius 3 is 2.68 bits per heavy atom. The third-order valence-electron chi connectivity index (χ3n) is 3.34. The summed E-state index contributed by atoms with van der Waals surface area (Å²) in [6.45, 7) is 1.02. The van der Waals surface area contributed by atoms with E-state index in [1.54, 1.807) is 0 Å². The second-order valence-electron chi connectivity index (χ2n) is 4.73. The van der Waals surface area contributed by atoms with Crippen LogP contribution < -0.4 is 5.32 Å². The highest BCUT2D eigenvalue weighted by atomic mass is 79.9. The van der Waals surface area contributed by atoms with E-state index in [4.69, 9.17) is 9.84 Å². The largest absolute Gasteiger partial charge is 0.394 e. The van der Waals surface area contributed by atoms with Crippen LogP contribution in [0.1, 0.15) is 13.3 Å². The Bertz CT molecular complexity index is 403. The standard InChI is InChI=1S/C10H15BrN2O6/c1-10(11)7(16)12-9(18)13(8(10)17)6-2-4(15)5(3-14)19-6/h4-6,8,14-15,17H,2-3H2,1H3,(H,12,16,18)/t4-,5+,6+,8-,10+/m0/s1. The highest BCUT2D eigenvalue weighted by molar-refractivity contribution is 9.10. The molecule has 0 spiro atoms. The number of alkyl halides is 1. The molecule has 0 unspecified atom stereocenters. The lowest BCUT2D eigenvalue weighted by Gasteiger charge is -2.42. The van der Waals surface area contributed by atoms with Crippen LogP contribution >= 0.6 is 15.9 Å². The zero-order valence-electron chi connectivity index (χ0n) is 10.1. The van der Waals surface area contributed by atoms with Crippen molar-refractivity contribution in [2.24, 2.45) is 0 Å². The zero-order valence-corrected chi connectivity index (χ0v) is 11.7. The molecule has 8 nitrogen and oxygen atoms in total. The van der Waals surface area contributed by atoms with Crippen LogP contribution in [-0.2, 0) is 9.53 Å². The van der Waals surface area contributed by atoms with Gasteiger partial charge in [-0.1, -0.05) is 15.9 Å². The van der Waals surface area contributed by atoms with Gasteiger partial charge in [0, 0.05) is 6.42 Å². The molecular formula is C10H15BrN2O6. The number of aliphatic hydroxyl groups is 3. The molecule has 19 heavy (non-hydrogen) atoms. The molecule has 2 rings (SSSR count). The summed E-state index contributed by atoms with van der Waals surface area (Å²) < 4.78 is 3.94. The Morgan fingerprint density at radius 1 is 1.53 bits per heavy atom. The number of aliphatic hydroxyl groups excluding tert-OH is 3. The average molecular weight is 339 g/mol. The lowest BCUT2D eigenvalue weighted by molar-refractivity contribution is -0.147. The molecule has 0 saturated carbocycles. The number of halogens is 1. The minimum absolute atomic E-state index is 0.0486. The van der Waals surface area contributed by atoms with Gasteiger partial charge in [-0.3, -0.25) is 15.0 Å². The molecule has 0 radical (unpaired) electrons. The summed E-state index contributed by atoms with van der Waals surface area (Å²) in [6.07, 6.45) is -4.05. The van der Waals surface area contributed by atoms with Gasteiger partial charge in [0.15, 0.2) is 6.23 Å². The number of urea groups is 1. The summed E-state index contributed by atoms with van der Waals surface area (Å²) in [4.78, 5) is 24.3. The summed E-state index contributed by atoms with van der Waals surface area (Å²) in [5.41, 5.74) is 0. The molecule has 2 heterocycles. The van der Waals surface area contributed by atoms with E-state index in [0.29, 0.717) is 0 Å². The fourth-order valence-electron chi connectivity index (χ4n) is 2.11. The van der Waals surface area contributed by atoms with Crippen molar-refractivity contribution in [3.05, 3.63) is 0 Å². The second kappa shape index (κ2) is 4.98. The van der Waals surface area contributed by atoms with Gasteiger partial charge in [-0.15, -0.1) is 0 Å². The van der Waals surface area contributed by atoms with E-state index in [2.05, 4.69) is 21.2 Å². The summed E-state index contributed by atoms with van der Waals surface area (Å²) in [7, 11) is 0. The topological polar surface area (TPSA) is 119 Å². The third kappa shape index (κ3) is 2.36. The lowest BCUT2D eigenvalue weighted by Crippen LogP contribution is -2.68. The summed E-state index contributed by atoms with van der Waals surface area (Å²) in [5, 5.41) is 30.8. The molecule has 4 N–H and O–H groups in total. The number of carbonyl (C=O) groups excluding carboxylic acids is 2. The third-order valence-corrected chi connectivity index (χ3v) is 4.11. The molecule has 0 bridgehead atoms. The zero-order chi connectivity index (χ0) is 14.4. The Kier molecular flexibility index (Phi) is 3.85. The Balaban J connectivity index is 2.20. The smallest absolute Gasteiger partial charge is 0.328 e. The number of imide groups is 1. The first-order valence-electron chi connectivity index (χ1n) is 5.74. The monoisotopic (exact) mass is 338 g/mol. The fourth-order valence-corrected chi connectivity index (χ4v) is 2.43. The molecule has 3 amide bonds. The number of nitrogens with one attached hydrogen (secondary N) is 1. The van der Waals surface area contributed by atoms with Gasteiger partial charge in [-0.25, -0.2) is 4.79 Å². The predicted molar refractivity (Wildman–Crippen MR) is 65.1 cm³/mol. The van der Waals surface area contributed by atoms with Crippen molar-refractivity contribution in [1.29, 1.82) is 0 Å². The Hall–Kier alpha value is -0.740. The van der Waals surface area contributed by atoms with Crippen molar-refractivity contribution in [2.45, 2.75) is 42.3 Å². The maximum absolute atomic E-state index is 11.8. The normalized spacial score (nSPS) is 43.5. The van der Waals surface area contributed by atoms with E-state index >= 15 is 0 Å². The first kappa shape index (κ1) is 14.7. The SMILES string of the molecule is C[C@@]1(Br)C(=O)NC(=O)N([C@H]2C[C@H](O)[C@@H](CO)O2)[C@H]1O. The molecule has 0 aromatic rings. The van der Waals surface area contributed by atoms with Gasteiger partial charge in [0.25, 0.3) is 0 Å². The van der Waals surface area contributed by atoms with Gasteiger partial charge in [-0.2, -0.15) is 0 Å². The second-order valence-corrected chi connectivity index (χ2v) is 6.38. The predicted octanol–water partition coefficient (Wildman–Crippen LogP) is -1.52. The molecule has 0 aromatic heterocycles. The van der Waals surface area contributed by atoms with Gasteiger partial charge < -0.3 is 20.1 Å². The highest BCUT2D eigenvalue weighted by Crippen LogP contribution is 2.33. The molecule has 2 fully saturated rings. The quantitative estimate of drug-likeness (QED) is 0.454. The molecule has 2 aliphatic heterocycles. The summed E-state index contributed by atoms with van der Waals surface area (Å²) in [6, 6.07) is -0.801. The molecule has 108 valence electrons. The van der Waals surface area contributed by atoms with Crippen molar-refractivity contribution >= 4 is 27.9 Å². The van der Waals surface area contributed by atoms with E-state index in [-0.39, 0.29) is 6.42 Å². The number of hydrogen-bond donors (Lipinski definition) is 4. The molecule has 5 atom stereocenters. The van der Waals surface area contributed by atoms with E-state index in [1.807, 2.05) is 0 Å². The minimum atomic E-state index is -1.44. The number of carbonyl (C=O) groups is 2. The summed E-state index contributed by atoms with van der Waals surface area (Å²) >= 11 is 3.06. The van der Waals surface area contributed by atoms with Gasteiger partial charge in [-0.05, 0) is 6.92 Å². The molecule has 0 aromatic carbocycles. The first-order valence-corrected chi connectivity index (χ1v) is 6.53. The van der Waals surface area contributed by atoms with Gasteiger partial charge in [0.05, 0.1) is 12.7 Å². The number of nitrogens with zero attached hydrogens (tertiary/aromatic N) is 1. The number of hydrogen-bond acceptors (Lipinski definition) is 6. The highest BCUT2D eigenvalue weighted by Gasteiger charge is 2.53. The van der Waals surface area contributed by atoms with Crippen LogP contribution in [0.15, 0.2) is 0 Å². The van der Waals surface area contributed by atoms with E-state index < -0.39 is 47.5 Å². The van der Waals surface area contributed by atoms with Crippen LogP contribution in [0.2, 0.25) is 0 Å². The molecule has 0 aliphatic carbocycles. The lowest BCUT2D eigenvalue weighted by atomic mass is 10.1. The van der Waals surface area contributed by atoms with Crippen molar-refractivity contribution < 1.29 is 29.6 Å². The maximum Gasteiger partial charge on any atom is 0.328 e. The minimum Gasteiger partial charge on any atom is -0.394 e. The van der Waals surface area contributed by atoms with E-state index in [0.717, 1.165) is 4.90 Å². The van der Waals surface area contributed by atoms with Crippen LogP contribution in [0.25, 0.3) is 0 Å². The van der Waals surface area contributed by atoms with Crippen molar-refractivity contribution in [1.82, 2.24) is 10.2 Å². The number of ether oxygens (including phenoxy) is 1. The van der Waals surface area contributed by atoms with Crippen LogP contribution in [0.4, 0.5) is 4.79 Å². The van der Waals surface area contributed by atoms with Gasteiger partial charge in [0.1, 0.15) is 16.7 Å². The van der Waals surface area contributed by atoms with E-state index in [9.17, 15) is 19.8 Å². The van der Waals surface area contributed by atoms with Gasteiger partial charge in [0.2, 0.25) is 5.91 Å². The van der Waals surface area contributed by atoms with Crippen molar-refractivity contribution in [3.8, 4) is 0 Å². The van der Waals surface area contributed by atoms with E-state index in [1.165, 1.54) is 6.92 Å². The Labute approximate surface area is 117 Å². The first-order chi connectivity index (χ1) is 8.78. The average Bonchev–Trinajstić information content (AvgIpc) is 2.68. The van der Waals surface area contributed by atoms with Crippen LogP contribution in [0.3, 0.4) is 0 Å². The number of rotatable bonds is 2. The molecule has 2 saturated heterocycles. The molecular weight excluding hydrogens is 324 g/mol. The molecule has 2 aliphatic rings. The Morgan fingerprint density at radius 2 is 2.16 bits per heavy atom. The molecule has 9 heteroatoms.